The molecule has 0 aliphatic carbocycles. The molecule has 0 unspecified atom stereocenters. The Kier molecular flexibility index (Phi) is 44.7. The highest BCUT2D eigenvalue weighted by atomic mass is 16.5. The van der Waals surface area contributed by atoms with E-state index in [1.165, 1.54) is 34.6 Å². The molecule has 0 aromatic carbocycles. The van der Waals surface area contributed by atoms with Crippen LogP contribution in [0.2, 0.25) is 0 Å². The lowest BCUT2D eigenvalue weighted by molar-refractivity contribution is -0.152. The first-order valence-corrected chi connectivity index (χ1v) is 38.7. The molecule has 0 aromatic heterocycles. The van der Waals surface area contributed by atoms with Gasteiger partial charge < -0.3 is 108 Å². The molecule has 0 spiro atoms. The fraction of sp³-hybridized carbons (Fsp3) is 0.743. The molecule has 39 nitrogen and oxygen atoms in total. The Morgan fingerprint density at radius 2 is 0.761 bits per heavy atom. The van der Waals surface area contributed by atoms with E-state index >= 15 is 4.79 Å². The molecule has 24 N–H and O–H groups in total. The van der Waals surface area contributed by atoms with Gasteiger partial charge in [-0.2, -0.15) is 0 Å². The van der Waals surface area contributed by atoms with Crippen LogP contribution in [0, 0.1) is 47.3 Å². The van der Waals surface area contributed by atoms with Crippen molar-refractivity contribution in [3.63, 3.8) is 0 Å². The van der Waals surface area contributed by atoms with Crippen molar-refractivity contribution in [3.8, 4) is 0 Å². The average Bonchev–Trinajstić information content (AvgIpc) is 1.13. The summed E-state index contributed by atoms with van der Waals surface area (Å²) >= 11 is 0. The molecule has 1 aliphatic heterocycles. The highest BCUT2D eigenvalue weighted by Crippen LogP contribution is 2.18. The first kappa shape index (κ1) is 101. The quantitative estimate of drug-likeness (QED) is 0.0267. The van der Waals surface area contributed by atoms with Crippen molar-refractivity contribution in [2.45, 2.75) is 298 Å². The first-order valence-electron chi connectivity index (χ1n) is 38.7. The van der Waals surface area contributed by atoms with Gasteiger partial charge in [0.05, 0.1) is 6.04 Å². The van der Waals surface area contributed by atoms with Crippen LogP contribution in [0.15, 0.2) is 0 Å². The van der Waals surface area contributed by atoms with Crippen LogP contribution in [0.5, 0.6) is 0 Å². The normalized spacial score (nSPS) is 21.3. The predicted octanol–water partition coefficient (Wildman–Crippen LogP) is -3.31. The number of aliphatic carboxylic acids is 1. The maximum atomic E-state index is 15.1. The van der Waals surface area contributed by atoms with Crippen LogP contribution < -0.4 is 97.8 Å². The minimum atomic E-state index is -2.08. The third-order valence-electron chi connectivity index (χ3n) is 18.2. The molecule has 1 rings (SSSR count). The van der Waals surface area contributed by atoms with Crippen LogP contribution in [0.1, 0.15) is 214 Å². The number of rotatable bonds is 41. The van der Waals surface area contributed by atoms with Gasteiger partial charge in [0.15, 0.2) is 0 Å². The van der Waals surface area contributed by atoms with Gasteiger partial charge in [0.2, 0.25) is 100 Å². The monoisotopic (exact) mass is 1600 g/mol. The number of hydrogen-bond donors (Lipinski definition) is 19. The number of carboxylic acids is 1. The molecule has 17 amide bonds. The SMILES string of the molecule is CC[C@H](C)[C@@H]1NC(=O)[C@@H](CCC(N)=O)NC(=O)[C@H](CC(C)C)NC(=O)[C@@H](CCC(N)=O)NC(=O)[C@H](CC(C)C)NC(=O)[C@@H](CC(C)C)NC(=O)[C@@H](C(C)C)NC(=O)[C@H](NC(=O)[C@H](CCC(N)=O)NC(=O)[C@@H](CC(C)C)NC(=O)[C@H](NC(=O)[C@@H](CCC(N)=O)NC(=O)[C@@H](CCC(=O)O)NC(=O)[C@@H](N)CC(C)C)C(C)C)COC1=O. The largest absolute Gasteiger partial charge is 0.481 e. The van der Waals surface area contributed by atoms with Gasteiger partial charge in [0, 0.05) is 32.1 Å². The highest BCUT2D eigenvalue weighted by Gasteiger charge is 2.41. The number of ether oxygens (including phenoxy) is 1. The average molecular weight is 1610 g/mol. The predicted molar refractivity (Wildman–Crippen MR) is 411 cm³/mol. The fourth-order valence-corrected chi connectivity index (χ4v) is 11.8. The molecule has 1 heterocycles. The van der Waals surface area contributed by atoms with E-state index in [1.54, 1.807) is 76.2 Å². The van der Waals surface area contributed by atoms with Crippen LogP contribution in [0.25, 0.3) is 0 Å². The summed E-state index contributed by atoms with van der Waals surface area (Å²) in [5, 5.41) is 42.4. The maximum absolute atomic E-state index is 15.1. The number of primary amides is 4. The molecular weight excluding hydrogens is 1480 g/mol. The van der Waals surface area contributed by atoms with Gasteiger partial charge >= 0.3 is 11.9 Å². The fourth-order valence-electron chi connectivity index (χ4n) is 11.8. The molecular formula is C74H128N18O21. The summed E-state index contributed by atoms with van der Waals surface area (Å²) in [5.74, 6) is -23.7. The molecule has 640 valence electrons. The van der Waals surface area contributed by atoms with Crippen LogP contribution in [-0.4, -0.2) is 209 Å². The molecule has 1 fully saturated rings. The Morgan fingerprint density at radius 3 is 1.15 bits per heavy atom. The van der Waals surface area contributed by atoms with Crippen molar-refractivity contribution < 1.29 is 101 Å². The van der Waals surface area contributed by atoms with Gasteiger partial charge in [-0.25, -0.2) is 4.79 Å². The molecule has 39 heteroatoms. The Bertz CT molecular complexity index is 3310. The summed E-state index contributed by atoms with van der Waals surface area (Å²) in [5.41, 5.74) is 28.1. The van der Waals surface area contributed by atoms with E-state index < -0.39 is 291 Å². The topological polar surface area (TPSA) is 640 Å². The number of nitrogens with one attached hydrogen (secondary N) is 13. The van der Waals surface area contributed by atoms with E-state index in [-0.39, 0.29) is 62.2 Å². The molecule has 0 aromatic rings. The number of carbonyl (C=O) groups is 19. The lowest BCUT2D eigenvalue weighted by Gasteiger charge is -2.30. The number of hydrogen-bond acceptors (Lipinski definition) is 21. The third-order valence-corrected chi connectivity index (χ3v) is 18.2. The Hall–Kier alpha value is -10.1. The van der Waals surface area contributed by atoms with Gasteiger partial charge in [-0.05, 0) is 112 Å². The van der Waals surface area contributed by atoms with Crippen LogP contribution in [0.3, 0.4) is 0 Å². The third kappa shape index (κ3) is 38.8. The van der Waals surface area contributed by atoms with E-state index in [2.05, 4.69) is 69.1 Å². The summed E-state index contributed by atoms with van der Waals surface area (Å²) in [6.07, 6.45) is -5.21. The number of amides is 17. The first-order chi connectivity index (χ1) is 52.5. The summed E-state index contributed by atoms with van der Waals surface area (Å²) in [4.78, 5) is 263. The lowest BCUT2D eigenvalue weighted by atomic mass is 9.98. The van der Waals surface area contributed by atoms with E-state index in [0.717, 1.165) is 0 Å². The molecule has 1 saturated heterocycles. The minimum absolute atomic E-state index is 0.0554. The van der Waals surface area contributed by atoms with Crippen molar-refractivity contribution in [2.75, 3.05) is 6.61 Å². The van der Waals surface area contributed by atoms with Crippen molar-refractivity contribution >= 4 is 112 Å². The van der Waals surface area contributed by atoms with Crippen LogP contribution in [0.4, 0.5) is 0 Å². The number of carbonyl (C=O) groups excluding carboxylic acids is 18. The second-order valence-electron chi connectivity index (χ2n) is 31.8. The van der Waals surface area contributed by atoms with E-state index in [9.17, 15) is 91.4 Å². The molecule has 0 saturated carbocycles. The highest BCUT2D eigenvalue weighted by molar-refractivity contribution is 6.01. The van der Waals surface area contributed by atoms with Crippen molar-refractivity contribution in [1.82, 2.24) is 69.1 Å². The zero-order valence-electron chi connectivity index (χ0n) is 68.2. The summed E-state index contributed by atoms with van der Waals surface area (Å²) in [6, 6.07) is -22.3. The van der Waals surface area contributed by atoms with Crippen molar-refractivity contribution in [2.24, 2.45) is 76.0 Å². The second kappa shape index (κ2) is 50.1. The summed E-state index contributed by atoms with van der Waals surface area (Å²) in [7, 11) is 0. The van der Waals surface area contributed by atoms with Gasteiger partial charge in [-0.3, -0.25) is 86.3 Å². The number of nitrogens with two attached hydrogens (primary N) is 5. The van der Waals surface area contributed by atoms with Crippen LogP contribution >= 0.6 is 0 Å². The molecule has 1 aliphatic rings. The van der Waals surface area contributed by atoms with Gasteiger partial charge in [0.1, 0.15) is 85.2 Å². The molecule has 0 bridgehead atoms. The smallest absolute Gasteiger partial charge is 0.329 e. The molecule has 113 heavy (non-hydrogen) atoms. The Labute approximate surface area is 660 Å². The molecule has 0 radical (unpaired) electrons. The summed E-state index contributed by atoms with van der Waals surface area (Å²) < 4.78 is 5.77. The number of esters is 1. The Morgan fingerprint density at radius 1 is 0.407 bits per heavy atom. The number of carboxylic acid groups (broad SMARTS) is 1. The van der Waals surface area contributed by atoms with Gasteiger partial charge in [-0.1, -0.05) is 117 Å². The van der Waals surface area contributed by atoms with Gasteiger partial charge in [0.25, 0.3) is 0 Å². The zero-order valence-corrected chi connectivity index (χ0v) is 68.2. The minimum Gasteiger partial charge on any atom is -0.481 e. The summed E-state index contributed by atoms with van der Waals surface area (Å²) in [6.45, 7) is 25.3. The Balaban J connectivity index is 4.29. The molecule has 15 atom stereocenters. The van der Waals surface area contributed by atoms with E-state index in [0.29, 0.717) is 0 Å². The second-order valence-corrected chi connectivity index (χ2v) is 31.8. The van der Waals surface area contributed by atoms with E-state index in [4.69, 9.17) is 33.4 Å². The van der Waals surface area contributed by atoms with E-state index in [1.807, 2.05) is 0 Å². The maximum Gasteiger partial charge on any atom is 0.329 e. The standard InChI is InChI=1S/C74H128N18O21/c1-17-41(16)60-74(112)113-33-52(89-64(102)44(19-24-54(77)94)83-69(107)50(31-37(8)9)87-72(110)58(39(12)13)90-65(103)45(20-25-55(78)95)81-62(100)47(22-27-57(97)98)80-61(99)42(75)28-34(2)3)71(109)91-59(40(14)15)73(111)88-51(32-38(10)11)70(108)86-49(30-36(6)7)68(106)82-43(18-23-53(76)93)63(101)85-48(29-35(4)5)67(105)84-46(66(104)92-60)21-26-56(79)96/h34-52,58-60H,17-33,75H2,1-16H3,(H2,76,93)(H2,77,94)(H2,78,95)(H2,79,96)(H,80,99)(H,81,100)(H,82,106)(H,83,107)(H,84,105)(H,85,101)(H,86,108)(H,87,110)(H,88,111)(H,89,102)(H,90,103)(H,91,109)(H,92,104)(H,97,98)/t41-,42-,43+,44-,45+,46+,47+,48-,49-,50+,51+,52+,58+,59+,60-/m0/s1. The van der Waals surface area contributed by atoms with Crippen molar-refractivity contribution in [3.05, 3.63) is 0 Å². The van der Waals surface area contributed by atoms with Crippen molar-refractivity contribution in [1.29, 1.82) is 0 Å². The lowest BCUT2D eigenvalue weighted by Crippen LogP contribution is -2.62. The number of cyclic esters (lactones) is 1. The van der Waals surface area contributed by atoms with Gasteiger partial charge in [-0.15, -0.1) is 0 Å². The van der Waals surface area contributed by atoms with Crippen LogP contribution in [-0.2, 0) is 95.8 Å². The zero-order chi connectivity index (χ0) is 86.6.